The van der Waals surface area contributed by atoms with Gasteiger partial charge < -0.3 is 10.6 Å². The smallest absolute Gasteiger partial charge is 0.0899 e. The van der Waals surface area contributed by atoms with Gasteiger partial charge in [0.15, 0.2) is 0 Å². The Morgan fingerprint density at radius 3 is 2.13 bits per heavy atom. The lowest BCUT2D eigenvalue weighted by Gasteiger charge is -2.38. The second-order valence-electron chi connectivity index (χ2n) is 4.81. The van der Waals surface area contributed by atoms with Gasteiger partial charge in [-0.15, -0.1) is 0 Å². The second kappa shape index (κ2) is 5.77. The summed E-state index contributed by atoms with van der Waals surface area (Å²) >= 11 is 5.02. The number of hydrogen-bond donors (Lipinski definition) is 1. The lowest BCUT2D eigenvalue weighted by atomic mass is 10.1. The molecule has 88 valence electrons. The average molecular weight is 229 g/mol. The third-order valence-electron chi connectivity index (χ3n) is 2.99. The average Bonchev–Trinajstić information content (AvgIpc) is 2.17. The van der Waals surface area contributed by atoms with Crippen molar-refractivity contribution in [3.63, 3.8) is 0 Å². The zero-order valence-electron chi connectivity index (χ0n) is 10.1. The molecule has 1 fully saturated rings. The molecule has 1 rings (SSSR count). The molecule has 0 aliphatic carbocycles. The predicted molar refractivity (Wildman–Crippen MR) is 69.1 cm³/mol. The van der Waals surface area contributed by atoms with E-state index in [1.54, 1.807) is 0 Å². The minimum absolute atomic E-state index is 0.251. The van der Waals surface area contributed by atoms with Crippen LogP contribution in [-0.4, -0.2) is 53.6 Å². The van der Waals surface area contributed by atoms with E-state index in [0.29, 0.717) is 4.99 Å². The van der Waals surface area contributed by atoms with Gasteiger partial charge in [0.1, 0.15) is 0 Å². The first-order valence-corrected chi connectivity index (χ1v) is 6.17. The molecule has 15 heavy (non-hydrogen) atoms. The van der Waals surface area contributed by atoms with Crippen LogP contribution in [0.25, 0.3) is 0 Å². The summed E-state index contributed by atoms with van der Waals surface area (Å²) in [4.78, 5) is 5.51. The van der Waals surface area contributed by atoms with Crippen LogP contribution >= 0.6 is 12.2 Å². The highest BCUT2D eigenvalue weighted by Crippen LogP contribution is 2.08. The van der Waals surface area contributed by atoms with Crippen LogP contribution in [0.1, 0.15) is 20.8 Å². The summed E-state index contributed by atoms with van der Waals surface area (Å²) in [5.74, 6) is 0.754. The van der Waals surface area contributed by atoms with Crippen LogP contribution in [0, 0.1) is 5.92 Å². The fourth-order valence-electron chi connectivity index (χ4n) is 2.03. The molecule has 0 amide bonds. The minimum atomic E-state index is 0.251. The Hall–Kier alpha value is -0.190. The van der Waals surface area contributed by atoms with Gasteiger partial charge in [-0.3, -0.25) is 4.90 Å². The number of hydrogen-bond acceptors (Lipinski definition) is 3. The topological polar surface area (TPSA) is 32.5 Å². The molecule has 1 aliphatic rings. The molecule has 2 N–H and O–H groups in total. The van der Waals surface area contributed by atoms with Crippen LogP contribution in [0.15, 0.2) is 0 Å². The Balaban J connectivity index is 2.32. The summed E-state index contributed by atoms with van der Waals surface area (Å²) in [6.07, 6.45) is 0. The third-order valence-corrected chi connectivity index (χ3v) is 3.33. The Labute approximate surface area is 98.6 Å². The quantitative estimate of drug-likeness (QED) is 0.727. The van der Waals surface area contributed by atoms with Gasteiger partial charge in [-0.25, -0.2) is 0 Å². The van der Waals surface area contributed by atoms with Crippen LogP contribution in [0.5, 0.6) is 0 Å². The van der Waals surface area contributed by atoms with Gasteiger partial charge in [0.05, 0.1) is 11.0 Å². The van der Waals surface area contributed by atoms with E-state index >= 15 is 0 Å². The van der Waals surface area contributed by atoms with Crippen molar-refractivity contribution in [1.29, 1.82) is 0 Å². The molecule has 4 heteroatoms. The molecule has 0 bridgehead atoms. The van der Waals surface area contributed by atoms with E-state index in [9.17, 15) is 0 Å². The number of piperazine rings is 1. The normalized spacial score (nSPS) is 21.9. The Kier molecular flexibility index (Phi) is 4.96. The second-order valence-corrected chi connectivity index (χ2v) is 5.28. The molecule has 0 spiro atoms. The monoisotopic (exact) mass is 229 g/mol. The molecule has 1 unspecified atom stereocenters. The number of nitrogens with zero attached hydrogens (tertiary/aromatic N) is 2. The van der Waals surface area contributed by atoms with Crippen molar-refractivity contribution in [2.45, 2.75) is 26.8 Å². The zero-order valence-corrected chi connectivity index (χ0v) is 10.9. The van der Waals surface area contributed by atoms with E-state index in [-0.39, 0.29) is 6.04 Å². The molecule has 1 aliphatic heterocycles. The van der Waals surface area contributed by atoms with Crippen molar-refractivity contribution in [2.75, 3.05) is 32.7 Å². The summed E-state index contributed by atoms with van der Waals surface area (Å²) < 4.78 is 0. The van der Waals surface area contributed by atoms with E-state index in [1.807, 2.05) is 0 Å². The molecule has 0 aromatic heterocycles. The highest BCUT2D eigenvalue weighted by atomic mass is 32.1. The fraction of sp³-hybridized carbons (Fsp3) is 0.909. The third kappa shape index (κ3) is 4.05. The predicted octanol–water partition coefficient (Wildman–Crippen LogP) is 0.935. The molecule has 0 radical (unpaired) electrons. The molecule has 0 aromatic rings. The molecule has 0 aromatic carbocycles. The maximum atomic E-state index is 5.66. The number of nitrogens with two attached hydrogens (primary N) is 1. The summed E-state index contributed by atoms with van der Waals surface area (Å²) in [5, 5.41) is 0. The van der Waals surface area contributed by atoms with Gasteiger partial charge in [0.25, 0.3) is 0 Å². The summed E-state index contributed by atoms with van der Waals surface area (Å²) in [6.45, 7) is 12.3. The van der Waals surface area contributed by atoms with Crippen molar-refractivity contribution in [3.8, 4) is 0 Å². The van der Waals surface area contributed by atoms with Gasteiger partial charge >= 0.3 is 0 Å². The molecule has 0 saturated carbocycles. The van der Waals surface area contributed by atoms with Gasteiger partial charge in [0, 0.05) is 32.7 Å². The Morgan fingerprint density at radius 1 is 1.20 bits per heavy atom. The summed E-state index contributed by atoms with van der Waals surface area (Å²) in [7, 11) is 0. The van der Waals surface area contributed by atoms with Crippen LogP contribution < -0.4 is 5.73 Å². The van der Waals surface area contributed by atoms with E-state index in [1.165, 1.54) is 6.54 Å². The first kappa shape index (κ1) is 12.9. The molecular weight excluding hydrogens is 206 g/mol. The Bertz CT molecular complexity index is 210. The lowest BCUT2D eigenvalue weighted by Crippen LogP contribution is -2.53. The van der Waals surface area contributed by atoms with Crippen LogP contribution in [0.4, 0.5) is 0 Å². The van der Waals surface area contributed by atoms with Crippen molar-refractivity contribution in [1.82, 2.24) is 9.80 Å². The van der Waals surface area contributed by atoms with Gasteiger partial charge in [-0.1, -0.05) is 26.1 Å². The van der Waals surface area contributed by atoms with Gasteiger partial charge in [-0.2, -0.15) is 0 Å². The molecule has 1 atom stereocenters. The zero-order chi connectivity index (χ0) is 11.4. The first-order chi connectivity index (χ1) is 7.00. The van der Waals surface area contributed by atoms with Crippen LogP contribution in [-0.2, 0) is 0 Å². The van der Waals surface area contributed by atoms with Crippen molar-refractivity contribution in [2.24, 2.45) is 11.7 Å². The number of thiocarbonyl (C=S) groups is 1. The van der Waals surface area contributed by atoms with Gasteiger partial charge in [0.2, 0.25) is 0 Å². The molecule has 3 nitrogen and oxygen atoms in total. The highest BCUT2D eigenvalue weighted by Gasteiger charge is 2.22. The van der Waals surface area contributed by atoms with Crippen molar-refractivity contribution >= 4 is 17.2 Å². The van der Waals surface area contributed by atoms with E-state index in [4.69, 9.17) is 18.0 Å². The molecular formula is C11H23N3S. The first-order valence-electron chi connectivity index (χ1n) is 5.76. The molecule has 1 heterocycles. The highest BCUT2D eigenvalue weighted by molar-refractivity contribution is 7.80. The fourth-order valence-corrected chi connectivity index (χ4v) is 2.18. The van der Waals surface area contributed by atoms with Gasteiger partial charge in [-0.05, 0) is 12.8 Å². The number of rotatable bonds is 4. The van der Waals surface area contributed by atoms with Crippen molar-refractivity contribution < 1.29 is 0 Å². The van der Waals surface area contributed by atoms with Crippen LogP contribution in [0.3, 0.4) is 0 Å². The van der Waals surface area contributed by atoms with Crippen LogP contribution in [0.2, 0.25) is 0 Å². The summed E-state index contributed by atoms with van der Waals surface area (Å²) in [5.41, 5.74) is 5.66. The van der Waals surface area contributed by atoms with Crippen molar-refractivity contribution in [3.05, 3.63) is 0 Å². The standard InChI is InChI=1S/C11H23N3S/c1-9(2)8-13-4-6-14(7-5-13)10(3)11(12)15/h9-10H,4-8H2,1-3H3,(H2,12,15). The molecule has 1 saturated heterocycles. The van der Waals surface area contributed by atoms with E-state index < -0.39 is 0 Å². The Morgan fingerprint density at radius 2 is 1.73 bits per heavy atom. The maximum Gasteiger partial charge on any atom is 0.0899 e. The maximum absolute atomic E-state index is 5.66. The largest absolute Gasteiger partial charge is 0.392 e. The van der Waals surface area contributed by atoms with E-state index in [2.05, 4.69) is 30.6 Å². The SMILES string of the molecule is CC(C)CN1CCN(C(C)C(N)=S)CC1. The summed E-state index contributed by atoms with van der Waals surface area (Å²) in [6, 6.07) is 0.251. The minimum Gasteiger partial charge on any atom is -0.392 e. The lowest BCUT2D eigenvalue weighted by molar-refractivity contribution is 0.113. The van der Waals surface area contributed by atoms with E-state index in [0.717, 1.165) is 32.1 Å².